The van der Waals surface area contributed by atoms with Crippen molar-refractivity contribution in [2.24, 2.45) is 11.8 Å². The van der Waals surface area contributed by atoms with Gasteiger partial charge in [0.15, 0.2) is 5.82 Å². The van der Waals surface area contributed by atoms with E-state index in [-0.39, 0.29) is 18.1 Å². The first-order valence-corrected chi connectivity index (χ1v) is 12.4. The molecule has 2 atom stereocenters. The molecule has 186 valence electrons. The van der Waals surface area contributed by atoms with Crippen LogP contribution in [0.5, 0.6) is 5.75 Å². The summed E-state index contributed by atoms with van der Waals surface area (Å²) in [4.78, 5) is 46.0. The molecule has 1 aliphatic carbocycles. The Morgan fingerprint density at radius 3 is 2.33 bits per heavy atom. The van der Waals surface area contributed by atoms with Gasteiger partial charge in [-0.25, -0.2) is 0 Å². The maximum absolute atomic E-state index is 13.5. The highest BCUT2D eigenvalue weighted by molar-refractivity contribution is 6.48. The number of benzene rings is 2. The van der Waals surface area contributed by atoms with E-state index < -0.39 is 23.7 Å². The van der Waals surface area contributed by atoms with Crippen LogP contribution >= 0.6 is 0 Å². The summed E-state index contributed by atoms with van der Waals surface area (Å²) in [7, 11) is 1.59. The first kappa shape index (κ1) is 23.9. The lowest BCUT2D eigenvalue weighted by atomic mass is 9.76. The molecule has 3 aromatic rings. The standard InChI is InChI=1S/C28H29N3O5/c1-17-29-27(36-30-17)20-10-12-21(13-11-20)31-25(19-6-4-3-5-7-19)24(26(33)28(31)34)23(32)16-18-8-14-22(35-2)15-9-18/h8-15,19,24-25H,3-7,16H2,1-2H3. The maximum Gasteiger partial charge on any atom is 0.295 e. The summed E-state index contributed by atoms with van der Waals surface area (Å²) in [5.74, 6) is -0.693. The van der Waals surface area contributed by atoms with Crippen LogP contribution in [0.4, 0.5) is 5.69 Å². The minimum atomic E-state index is -0.971. The number of Topliss-reactive ketones (excluding diaryl/α,β-unsaturated/α-hetero) is 2. The zero-order chi connectivity index (χ0) is 25.2. The van der Waals surface area contributed by atoms with Crippen LogP contribution in [0.1, 0.15) is 43.5 Å². The van der Waals surface area contributed by atoms with Crippen LogP contribution in [0.3, 0.4) is 0 Å². The molecule has 0 N–H and O–H groups in total. The molecule has 0 radical (unpaired) electrons. The van der Waals surface area contributed by atoms with Gasteiger partial charge in [-0.1, -0.05) is 36.6 Å². The van der Waals surface area contributed by atoms with Crippen molar-refractivity contribution >= 4 is 23.2 Å². The molecule has 0 spiro atoms. The van der Waals surface area contributed by atoms with E-state index in [0.29, 0.717) is 23.2 Å². The number of rotatable bonds is 7. The second-order valence-electron chi connectivity index (χ2n) is 9.59. The van der Waals surface area contributed by atoms with Crippen molar-refractivity contribution in [2.45, 2.75) is 51.5 Å². The number of hydrogen-bond acceptors (Lipinski definition) is 7. The number of methoxy groups -OCH3 is 1. The molecule has 8 heteroatoms. The molecule has 0 bridgehead atoms. The lowest BCUT2D eigenvalue weighted by Gasteiger charge is -2.35. The van der Waals surface area contributed by atoms with E-state index in [1.165, 1.54) is 0 Å². The van der Waals surface area contributed by atoms with Gasteiger partial charge < -0.3 is 14.2 Å². The zero-order valence-electron chi connectivity index (χ0n) is 20.5. The lowest BCUT2D eigenvalue weighted by Crippen LogP contribution is -2.44. The number of amides is 1. The highest BCUT2D eigenvalue weighted by atomic mass is 16.5. The monoisotopic (exact) mass is 487 g/mol. The Morgan fingerprint density at radius 1 is 1.03 bits per heavy atom. The Morgan fingerprint density at radius 2 is 1.72 bits per heavy atom. The van der Waals surface area contributed by atoms with Gasteiger partial charge in [-0.3, -0.25) is 14.4 Å². The fourth-order valence-corrected chi connectivity index (χ4v) is 5.51. The van der Waals surface area contributed by atoms with Crippen molar-refractivity contribution in [2.75, 3.05) is 12.0 Å². The molecular weight excluding hydrogens is 458 g/mol. The van der Waals surface area contributed by atoms with Crippen molar-refractivity contribution in [1.29, 1.82) is 0 Å². The SMILES string of the molecule is COc1ccc(CC(=O)C2C(=O)C(=O)N(c3ccc(-c4nc(C)no4)cc3)C2C2CCCCC2)cc1. The molecule has 2 unspecified atom stereocenters. The topological polar surface area (TPSA) is 103 Å². The molecule has 8 nitrogen and oxygen atoms in total. The fraction of sp³-hybridized carbons (Fsp3) is 0.393. The molecule has 5 rings (SSSR count). The van der Waals surface area contributed by atoms with Crippen LogP contribution in [0.2, 0.25) is 0 Å². The Labute approximate surface area is 209 Å². The van der Waals surface area contributed by atoms with Crippen molar-refractivity contribution in [1.82, 2.24) is 10.1 Å². The predicted octanol–water partition coefficient (Wildman–Crippen LogP) is 4.35. The van der Waals surface area contributed by atoms with E-state index in [0.717, 1.165) is 43.2 Å². The van der Waals surface area contributed by atoms with Crippen molar-refractivity contribution in [3.05, 3.63) is 59.9 Å². The summed E-state index contributed by atoms with van der Waals surface area (Å²) >= 11 is 0. The van der Waals surface area contributed by atoms with Gasteiger partial charge in [0, 0.05) is 17.7 Å². The Bertz CT molecular complexity index is 1260. The number of ketones is 2. The van der Waals surface area contributed by atoms with Gasteiger partial charge in [0.25, 0.3) is 11.8 Å². The molecule has 1 aliphatic heterocycles. The molecule has 2 heterocycles. The smallest absolute Gasteiger partial charge is 0.295 e. The normalized spacial score (nSPS) is 20.7. The number of aromatic nitrogens is 2. The van der Waals surface area contributed by atoms with E-state index in [9.17, 15) is 14.4 Å². The fourth-order valence-electron chi connectivity index (χ4n) is 5.51. The van der Waals surface area contributed by atoms with Crippen LogP contribution in [-0.2, 0) is 20.8 Å². The summed E-state index contributed by atoms with van der Waals surface area (Å²) in [6.45, 7) is 1.74. The van der Waals surface area contributed by atoms with Crippen LogP contribution < -0.4 is 9.64 Å². The minimum Gasteiger partial charge on any atom is -0.497 e. The molecule has 2 aromatic carbocycles. The van der Waals surface area contributed by atoms with Crippen molar-refractivity contribution in [3.8, 4) is 17.2 Å². The Kier molecular flexibility index (Phi) is 6.67. The van der Waals surface area contributed by atoms with Gasteiger partial charge in [-0.2, -0.15) is 4.98 Å². The summed E-state index contributed by atoms with van der Waals surface area (Å²) < 4.78 is 10.4. The van der Waals surface area contributed by atoms with Crippen LogP contribution in [0.15, 0.2) is 53.1 Å². The first-order valence-electron chi connectivity index (χ1n) is 12.4. The molecule has 2 fully saturated rings. The average Bonchev–Trinajstić information content (AvgIpc) is 3.46. The largest absolute Gasteiger partial charge is 0.497 e. The third-order valence-electron chi connectivity index (χ3n) is 7.29. The molecule has 2 aliphatic rings. The summed E-state index contributed by atoms with van der Waals surface area (Å²) in [6, 6.07) is 13.9. The number of anilines is 1. The second kappa shape index (κ2) is 10.0. The molecule has 1 aromatic heterocycles. The Hall–Kier alpha value is -3.81. The molecule has 1 saturated carbocycles. The molecule has 1 amide bonds. The predicted molar refractivity (Wildman–Crippen MR) is 133 cm³/mol. The minimum absolute atomic E-state index is 0.0947. The van der Waals surface area contributed by atoms with E-state index in [1.807, 2.05) is 12.1 Å². The third-order valence-corrected chi connectivity index (χ3v) is 7.29. The van der Waals surface area contributed by atoms with E-state index in [4.69, 9.17) is 9.26 Å². The quantitative estimate of drug-likeness (QED) is 0.361. The summed E-state index contributed by atoms with van der Waals surface area (Å²) in [5, 5.41) is 3.82. The van der Waals surface area contributed by atoms with E-state index in [2.05, 4.69) is 10.1 Å². The third kappa shape index (κ3) is 4.55. The number of aryl methyl sites for hydroxylation is 1. The van der Waals surface area contributed by atoms with Gasteiger partial charge in [0.2, 0.25) is 5.78 Å². The summed E-state index contributed by atoms with van der Waals surface area (Å²) in [5.41, 5.74) is 2.11. The number of ether oxygens (including phenoxy) is 1. The molecular formula is C28H29N3O5. The van der Waals surface area contributed by atoms with Gasteiger partial charge in [0.1, 0.15) is 17.5 Å². The van der Waals surface area contributed by atoms with Gasteiger partial charge in [-0.05, 0) is 67.6 Å². The Balaban J connectivity index is 1.45. The van der Waals surface area contributed by atoms with Gasteiger partial charge in [-0.15, -0.1) is 0 Å². The number of carbonyl (C=O) groups excluding carboxylic acids is 3. The molecule has 36 heavy (non-hydrogen) atoms. The summed E-state index contributed by atoms with van der Waals surface area (Å²) in [6.07, 6.45) is 5.09. The maximum atomic E-state index is 13.5. The number of carbonyl (C=O) groups is 3. The van der Waals surface area contributed by atoms with Gasteiger partial charge >= 0.3 is 0 Å². The highest BCUT2D eigenvalue weighted by Crippen LogP contribution is 2.40. The van der Waals surface area contributed by atoms with Crippen LogP contribution in [0, 0.1) is 18.8 Å². The lowest BCUT2D eigenvalue weighted by molar-refractivity contribution is -0.139. The highest BCUT2D eigenvalue weighted by Gasteiger charge is 2.53. The average molecular weight is 488 g/mol. The van der Waals surface area contributed by atoms with Crippen molar-refractivity contribution < 1.29 is 23.6 Å². The van der Waals surface area contributed by atoms with Gasteiger partial charge in [0.05, 0.1) is 13.2 Å². The van der Waals surface area contributed by atoms with Crippen molar-refractivity contribution in [3.63, 3.8) is 0 Å². The first-order chi connectivity index (χ1) is 17.5. The zero-order valence-corrected chi connectivity index (χ0v) is 20.5. The van der Waals surface area contributed by atoms with Crippen LogP contribution in [-0.4, -0.2) is 40.8 Å². The van der Waals surface area contributed by atoms with E-state index in [1.54, 1.807) is 55.3 Å². The van der Waals surface area contributed by atoms with E-state index >= 15 is 0 Å². The molecule has 1 saturated heterocycles. The van der Waals surface area contributed by atoms with Crippen LogP contribution in [0.25, 0.3) is 11.5 Å². The number of nitrogens with zero attached hydrogens (tertiary/aromatic N) is 3. The second-order valence-corrected chi connectivity index (χ2v) is 9.59. The number of hydrogen-bond donors (Lipinski definition) is 0.